The third-order valence-corrected chi connectivity index (χ3v) is 2.96. The zero-order valence-corrected chi connectivity index (χ0v) is 9.72. The van der Waals surface area contributed by atoms with Gasteiger partial charge in [0, 0.05) is 19.2 Å². The Hall–Kier alpha value is -0.0800. The van der Waals surface area contributed by atoms with E-state index in [1.54, 1.807) is 0 Å². The molecule has 1 heterocycles. The molecule has 84 valence electrons. The second-order valence-electron chi connectivity index (χ2n) is 4.44. The van der Waals surface area contributed by atoms with E-state index in [9.17, 15) is 0 Å². The van der Waals surface area contributed by atoms with E-state index >= 15 is 0 Å². The van der Waals surface area contributed by atoms with E-state index in [2.05, 4.69) is 19.2 Å². The highest BCUT2D eigenvalue weighted by atomic mass is 16.5. The van der Waals surface area contributed by atoms with Crippen LogP contribution in [-0.2, 0) is 4.74 Å². The predicted octanol–water partition coefficient (Wildman–Crippen LogP) is 2.72. The smallest absolute Gasteiger partial charge is 0.0700 e. The zero-order valence-electron chi connectivity index (χ0n) is 9.72. The fraction of sp³-hybridized carbons (Fsp3) is 1.00. The van der Waals surface area contributed by atoms with E-state index in [0.717, 1.165) is 13.2 Å². The number of ether oxygens (including phenoxy) is 1. The first-order valence-corrected chi connectivity index (χ1v) is 6.18. The average Bonchev–Trinajstić information content (AvgIpc) is 2.68. The van der Waals surface area contributed by atoms with E-state index in [-0.39, 0.29) is 0 Å². The Morgan fingerprint density at radius 3 is 2.93 bits per heavy atom. The largest absolute Gasteiger partial charge is 0.377 e. The number of rotatable bonds is 7. The number of unbranched alkanes of at least 4 members (excludes halogenated alkanes) is 2. The van der Waals surface area contributed by atoms with Gasteiger partial charge in [-0.1, -0.05) is 26.2 Å². The molecule has 1 N–H and O–H groups in total. The Morgan fingerprint density at radius 2 is 2.29 bits per heavy atom. The lowest BCUT2D eigenvalue weighted by Crippen LogP contribution is -2.33. The summed E-state index contributed by atoms with van der Waals surface area (Å²) >= 11 is 0. The van der Waals surface area contributed by atoms with Crippen LogP contribution >= 0.6 is 0 Å². The number of hydrogen-bond donors (Lipinski definition) is 1. The molecule has 2 unspecified atom stereocenters. The number of hydrogen-bond acceptors (Lipinski definition) is 2. The molecule has 0 aromatic rings. The molecule has 1 saturated heterocycles. The molecule has 2 atom stereocenters. The predicted molar refractivity (Wildman–Crippen MR) is 60.6 cm³/mol. The second-order valence-corrected chi connectivity index (χ2v) is 4.44. The van der Waals surface area contributed by atoms with Crippen LogP contribution in [0.5, 0.6) is 0 Å². The van der Waals surface area contributed by atoms with Crippen LogP contribution in [0.2, 0.25) is 0 Å². The van der Waals surface area contributed by atoms with Crippen molar-refractivity contribution in [1.82, 2.24) is 5.32 Å². The topological polar surface area (TPSA) is 21.3 Å². The minimum atomic E-state index is 0.489. The van der Waals surface area contributed by atoms with Gasteiger partial charge in [0.1, 0.15) is 0 Å². The quantitative estimate of drug-likeness (QED) is 0.637. The highest BCUT2D eigenvalue weighted by Gasteiger charge is 2.15. The molecule has 0 amide bonds. The maximum atomic E-state index is 5.57. The Morgan fingerprint density at radius 1 is 1.43 bits per heavy atom. The SMILES string of the molecule is CCCCCC(C)NCC1CCCO1. The van der Waals surface area contributed by atoms with Crippen molar-refractivity contribution in [2.75, 3.05) is 13.2 Å². The highest BCUT2D eigenvalue weighted by Crippen LogP contribution is 2.11. The maximum absolute atomic E-state index is 5.57. The Balaban J connectivity index is 1.93. The minimum Gasteiger partial charge on any atom is -0.377 e. The van der Waals surface area contributed by atoms with Crippen molar-refractivity contribution in [1.29, 1.82) is 0 Å². The first-order valence-electron chi connectivity index (χ1n) is 6.18. The lowest BCUT2D eigenvalue weighted by atomic mass is 10.1. The molecule has 2 heteroatoms. The second kappa shape index (κ2) is 7.24. The Labute approximate surface area is 88.4 Å². The fourth-order valence-electron chi connectivity index (χ4n) is 1.94. The standard InChI is InChI=1S/C12H25NO/c1-3-4-5-7-11(2)13-10-12-8-6-9-14-12/h11-13H,3-10H2,1-2H3. The van der Waals surface area contributed by atoms with E-state index in [0.29, 0.717) is 12.1 Å². The van der Waals surface area contributed by atoms with Crippen molar-refractivity contribution >= 4 is 0 Å². The molecule has 0 aromatic heterocycles. The summed E-state index contributed by atoms with van der Waals surface area (Å²) in [4.78, 5) is 0. The number of nitrogens with one attached hydrogen (secondary N) is 1. The first-order chi connectivity index (χ1) is 6.83. The van der Waals surface area contributed by atoms with Gasteiger partial charge in [0.25, 0.3) is 0 Å². The van der Waals surface area contributed by atoms with Crippen molar-refractivity contribution < 1.29 is 4.74 Å². The molecule has 0 aliphatic carbocycles. The summed E-state index contributed by atoms with van der Waals surface area (Å²) in [5.41, 5.74) is 0. The van der Waals surface area contributed by atoms with Gasteiger partial charge in [-0.05, 0) is 26.2 Å². The summed E-state index contributed by atoms with van der Waals surface area (Å²) in [6, 6.07) is 0.658. The van der Waals surface area contributed by atoms with Gasteiger partial charge in [-0.25, -0.2) is 0 Å². The average molecular weight is 199 g/mol. The maximum Gasteiger partial charge on any atom is 0.0700 e. The van der Waals surface area contributed by atoms with Crippen LogP contribution < -0.4 is 5.32 Å². The molecule has 1 rings (SSSR count). The molecule has 0 spiro atoms. The van der Waals surface area contributed by atoms with Crippen LogP contribution in [0.3, 0.4) is 0 Å². The molecule has 1 fully saturated rings. The molecule has 1 aliphatic heterocycles. The third-order valence-electron chi connectivity index (χ3n) is 2.96. The zero-order chi connectivity index (χ0) is 10.2. The van der Waals surface area contributed by atoms with Crippen molar-refractivity contribution in [3.63, 3.8) is 0 Å². The molecule has 14 heavy (non-hydrogen) atoms. The third kappa shape index (κ3) is 4.97. The van der Waals surface area contributed by atoms with Crippen molar-refractivity contribution in [2.45, 2.75) is 64.5 Å². The van der Waals surface area contributed by atoms with Crippen LogP contribution in [-0.4, -0.2) is 25.3 Å². The lowest BCUT2D eigenvalue weighted by Gasteiger charge is -2.16. The Bertz CT molecular complexity index is 132. The van der Waals surface area contributed by atoms with Gasteiger partial charge in [0.15, 0.2) is 0 Å². The van der Waals surface area contributed by atoms with Gasteiger partial charge in [0.05, 0.1) is 6.10 Å². The summed E-state index contributed by atoms with van der Waals surface area (Å²) < 4.78 is 5.57. The van der Waals surface area contributed by atoms with Crippen LogP contribution in [0.15, 0.2) is 0 Å². The summed E-state index contributed by atoms with van der Waals surface area (Å²) in [5, 5.41) is 3.56. The van der Waals surface area contributed by atoms with Crippen molar-refractivity contribution in [3.8, 4) is 0 Å². The molecule has 2 nitrogen and oxygen atoms in total. The lowest BCUT2D eigenvalue weighted by molar-refractivity contribution is 0.107. The molecule has 0 bridgehead atoms. The van der Waals surface area contributed by atoms with Gasteiger partial charge in [-0.2, -0.15) is 0 Å². The molecule has 0 saturated carbocycles. The Kier molecular flexibility index (Phi) is 6.20. The van der Waals surface area contributed by atoms with Gasteiger partial charge < -0.3 is 10.1 Å². The normalized spacial score (nSPS) is 24.0. The van der Waals surface area contributed by atoms with E-state index in [4.69, 9.17) is 4.74 Å². The minimum absolute atomic E-state index is 0.489. The van der Waals surface area contributed by atoms with E-state index in [1.807, 2.05) is 0 Å². The van der Waals surface area contributed by atoms with Crippen LogP contribution in [0, 0.1) is 0 Å². The molecule has 0 aromatic carbocycles. The first kappa shape index (κ1) is 12.0. The van der Waals surface area contributed by atoms with Gasteiger partial charge in [-0.3, -0.25) is 0 Å². The monoisotopic (exact) mass is 199 g/mol. The van der Waals surface area contributed by atoms with Gasteiger partial charge in [0.2, 0.25) is 0 Å². The van der Waals surface area contributed by atoms with E-state index < -0.39 is 0 Å². The molecular weight excluding hydrogens is 174 g/mol. The van der Waals surface area contributed by atoms with Crippen LogP contribution in [0.25, 0.3) is 0 Å². The molecule has 0 radical (unpaired) electrons. The summed E-state index contributed by atoms with van der Waals surface area (Å²) in [6.07, 6.45) is 8.33. The fourth-order valence-corrected chi connectivity index (χ4v) is 1.94. The molecular formula is C12H25NO. The summed E-state index contributed by atoms with van der Waals surface area (Å²) in [5.74, 6) is 0. The van der Waals surface area contributed by atoms with Crippen molar-refractivity contribution in [3.05, 3.63) is 0 Å². The summed E-state index contributed by atoms with van der Waals surface area (Å²) in [7, 11) is 0. The van der Waals surface area contributed by atoms with Gasteiger partial charge >= 0.3 is 0 Å². The highest BCUT2D eigenvalue weighted by molar-refractivity contribution is 4.70. The van der Waals surface area contributed by atoms with E-state index in [1.165, 1.54) is 38.5 Å². The van der Waals surface area contributed by atoms with Gasteiger partial charge in [-0.15, -0.1) is 0 Å². The molecule has 1 aliphatic rings. The van der Waals surface area contributed by atoms with Crippen molar-refractivity contribution in [2.24, 2.45) is 0 Å². The summed E-state index contributed by atoms with van der Waals surface area (Å²) in [6.45, 7) is 6.55. The van der Waals surface area contributed by atoms with Crippen LogP contribution in [0.1, 0.15) is 52.4 Å². The van der Waals surface area contributed by atoms with Crippen LogP contribution in [0.4, 0.5) is 0 Å².